The summed E-state index contributed by atoms with van der Waals surface area (Å²) >= 11 is 0. The van der Waals surface area contributed by atoms with Crippen molar-refractivity contribution in [2.24, 2.45) is 0 Å². The van der Waals surface area contributed by atoms with Gasteiger partial charge in [-0.3, -0.25) is 4.79 Å². The van der Waals surface area contributed by atoms with Crippen LogP contribution in [0.25, 0.3) is 55.6 Å². The molecule has 1 amide bonds. The minimum Gasteiger partial charge on any atom is -0.478 e. The van der Waals surface area contributed by atoms with E-state index >= 15 is 0 Å². The second-order valence-corrected chi connectivity index (χ2v) is 9.96. The first-order valence-electron chi connectivity index (χ1n) is 13.0. The number of furan rings is 1. The molecule has 0 unspecified atom stereocenters. The smallest absolute Gasteiger partial charge is 0.338 e. The van der Waals surface area contributed by atoms with Gasteiger partial charge in [0.15, 0.2) is 0 Å². The Hall–Kier alpha value is -5.37. The number of hydrogen-bond donors (Lipinski definition) is 3. The summed E-state index contributed by atoms with van der Waals surface area (Å²) in [4.78, 5) is 30.6. The second kappa shape index (κ2) is 9.98. The Kier molecular flexibility index (Phi) is 6.30. The number of carbonyl (C=O) groups excluding carboxylic acids is 1. The number of carbonyl (C=O) groups is 2. The fraction of sp³-hybridized carbons (Fsp3) is 0.0909. The molecule has 204 valence electrons. The highest BCUT2D eigenvalue weighted by Crippen LogP contribution is 2.41. The Bertz CT molecular complexity index is 1970. The molecule has 6 aromatic rings. The van der Waals surface area contributed by atoms with E-state index in [1.165, 1.54) is 12.1 Å². The molecule has 41 heavy (non-hydrogen) atoms. The average Bonchev–Trinajstić information content (AvgIpc) is 3.55. The van der Waals surface area contributed by atoms with Crippen LogP contribution >= 0.6 is 0 Å². The zero-order valence-corrected chi connectivity index (χ0v) is 22.6. The molecular weight excluding hydrogens is 521 g/mol. The third kappa shape index (κ3) is 4.39. The fourth-order valence-electron chi connectivity index (χ4n) is 5.31. The van der Waals surface area contributed by atoms with Crippen molar-refractivity contribution in [3.8, 4) is 33.7 Å². The molecule has 0 aliphatic heterocycles. The van der Waals surface area contributed by atoms with E-state index in [0.29, 0.717) is 44.5 Å². The van der Waals surface area contributed by atoms with Crippen molar-refractivity contribution in [1.82, 2.24) is 10.3 Å². The number of halogens is 1. The van der Waals surface area contributed by atoms with Crippen LogP contribution in [0.2, 0.25) is 0 Å². The lowest BCUT2D eigenvalue weighted by atomic mass is 9.95. The van der Waals surface area contributed by atoms with Crippen LogP contribution in [0.5, 0.6) is 0 Å². The molecule has 2 heterocycles. The van der Waals surface area contributed by atoms with Gasteiger partial charge in [-0.05, 0) is 53.6 Å². The van der Waals surface area contributed by atoms with Gasteiger partial charge in [-0.25, -0.2) is 9.18 Å². The number of carboxylic acid groups (broad SMARTS) is 1. The van der Waals surface area contributed by atoms with Crippen LogP contribution in [0.1, 0.15) is 20.7 Å². The quantitative estimate of drug-likeness (QED) is 0.205. The SMILES string of the molecule is CNC(=O)c1c(-c2ccc(F)cc2)oc2cc(N(C)C)c(-c3cccc(-c4[nH]c5ccccc5c4C(=O)O)c3)cc12. The standard InChI is InChI=1S/C33H26FN3O4/c1-35-32(38)29-24-16-23(26(37(2)3)17-27(24)41-31(29)18-11-13-21(34)14-12-18)19-7-6-8-20(15-19)30-28(33(39)40)22-9-4-5-10-25(22)36-30/h4-17,36H,1-3H3,(H,35,38)(H,39,40). The van der Waals surface area contributed by atoms with E-state index in [9.17, 15) is 19.1 Å². The van der Waals surface area contributed by atoms with Crippen molar-refractivity contribution in [2.45, 2.75) is 0 Å². The Balaban J connectivity index is 1.58. The maximum atomic E-state index is 13.6. The number of benzene rings is 4. The van der Waals surface area contributed by atoms with Gasteiger partial charge in [0.1, 0.15) is 17.2 Å². The molecular formula is C33H26FN3O4. The summed E-state index contributed by atoms with van der Waals surface area (Å²) in [6, 6.07) is 24.6. The lowest BCUT2D eigenvalue weighted by molar-refractivity contribution is 0.0699. The molecule has 4 aromatic carbocycles. The van der Waals surface area contributed by atoms with E-state index in [2.05, 4.69) is 10.3 Å². The van der Waals surface area contributed by atoms with Gasteiger partial charge in [-0.15, -0.1) is 0 Å². The molecule has 6 rings (SSSR count). The Morgan fingerprint density at radius 2 is 1.59 bits per heavy atom. The van der Waals surface area contributed by atoms with Crippen molar-refractivity contribution < 1.29 is 23.5 Å². The number of aromatic nitrogens is 1. The van der Waals surface area contributed by atoms with Crippen LogP contribution in [0.3, 0.4) is 0 Å². The number of aromatic amines is 1. The molecule has 2 aromatic heterocycles. The van der Waals surface area contributed by atoms with Gasteiger partial charge < -0.3 is 24.7 Å². The molecule has 0 atom stereocenters. The lowest BCUT2D eigenvalue weighted by Gasteiger charge is -2.18. The summed E-state index contributed by atoms with van der Waals surface area (Å²) in [7, 11) is 5.38. The number of carboxylic acids is 1. The third-order valence-electron chi connectivity index (χ3n) is 7.23. The number of anilines is 1. The molecule has 7 nitrogen and oxygen atoms in total. The van der Waals surface area contributed by atoms with Gasteiger partial charge in [0.05, 0.1) is 16.8 Å². The van der Waals surface area contributed by atoms with Gasteiger partial charge in [0.25, 0.3) is 5.91 Å². The van der Waals surface area contributed by atoms with Gasteiger partial charge in [0, 0.05) is 60.3 Å². The number of fused-ring (bicyclic) bond motifs is 2. The molecule has 0 aliphatic rings. The number of rotatable bonds is 6. The van der Waals surface area contributed by atoms with Crippen LogP contribution in [0.4, 0.5) is 10.1 Å². The average molecular weight is 548 g/mol. The monoisotopic (exact) mass is 547 g/mol. The minimum absolute atomic E-state index is 0.210. The van der Waals surface area contributed by atoms with Crippen molar-refractivity contribution in [3.63, 3.8) is 0 Å². The number of aromatic carboxylic acids is 1. The van der Waals surface area contributed by atoms with E-state index in [1.807, 2.05) is 73.6 Å². The van der Waals surface area contributed by atoms with Crippen molar-refractivity contribution in [1.29, 1.82) is 0 Å². The van der Waals surface area contributed by atoms with Crippen LogP contribution in [0.15, 0.2) is 89.3 Å². The fourth-order valence-corrected chi connectivity index (χ4v) is 5.31. The second-order valence-electron chi connectivity index (χ2n) is 9.96. The number of nitrogens with one attached hydrogen (secondary N) is 2. The van der Waals surface area contributed by atoms with Crippen molar-refractivity contribution >= 4 is 39.4 Å². The summed E-state index contributed by atoms with van der Waals surface area (Å²) in [6.07, 6.45) is 0. The van der Waals surface area contributed by atoms with Crippen molar-refractivity contribution in [3.05, 3.63) is 102 Å². The number of amides is 1. The van der Waals surface area contributed by atoms with E-state index < -0.39 is 5.97 Å². The van der Waals surface area contributed by atoms with Gasteiger partial charge in [0.2, 0.25) is 0 Å². The topological polar surface area (TPSA) is 98.6 Å². The first-order chi connectivity index (χ1) is 19.8. The first-order valence-corrected chi connectivity index (χ1v) is 13.0. The van der Waals surface area contributed by atoms with Gasteiger partial charge >= 0.3 is 5.97 Å². The molecule has 0 bridgehead atoms. The Morgan fingerprint density at radius 3 is 2.29 bits per heavy atom. The molecule has 0 radical (unpaired) electrons. The number of hydrogen-bond acceptors (Lipinski definition) is 4. The highest BCUT2D eigenvalue weighted by Gasteiger charge is 2.25. The summed E-state index contributed by atoms with van der Waals surface area (Å²) in [6.45, 7) is 0. The van der Waals surface area contributed by atoms with E-state index in [0.717, 1.165) is 22.3 Å². The number of para-hydroxylation sites is 1. The molecule has 0 aliphatic carbocycles. The van der Waals surface area contributed by atoms with Crippen LogP contribution in [0, 0.1) is 5.82 Å². The largest absolute Gasteiger partial charge is 0.478 e. The number of nitrogens with zero attached hydrogens (tertiary/aromatic N) is 1. The highest BCUT2D eigenvalue weighted by atomic mass is 19.1. The molecule has 0 saturated carbocycles. The first kappa shape index (κ1) is 25.9. The summed E-state index contributed by atoms with van der Waals surface area (Å²) in [5.74, 6) is -1.38. The molecule has 0 spiro atoms. The maximum absolute atomic E-state index is 13.6. The summed E-state index contributed by atoms with van der Waals surface area (Å²) in [5.41, 5.74) is 6.11. The Labute approximate surface area is 234 Å². The predicted octanol–water partition coefficient (Wildman–Crippen LogP) is 7.18. The van der Waals surface area contributed by atoms with E-state index in [-0.39, 0.29) is 17.3 Å². The molecule has 8 heteroatoms. The number of H-pyrrole nitrogens is 1. The summed E-state index contributed by atoms with van der Waals surface area (Å²) < 4.78 is 19.9. The minimum atomic E-state index is -1.01. The maximum Gasteiger partial charge on any atom is 0.338 e. The zero-order chi connectivity index (χ0) is 28.8. The van der Waals surface area contributed by atoms with Crippen molar-refractivity contribution in [2.75, 3.05) is 26.0 Å². The predicted molar refractivity (Wildman–Crippen MR) is 159 cm³/mol. The lowest BCUT2D eigenvalue weighted by Crippen LogP contribution is -2.18. The van der Waals surface area contributed by atoms with Crippen LogP contribution in [-0.4, -0.2) is 43.1 Å². The molecule has 0 fully saturated rings. The Morgan fingerprint density at radius 1 is 0.854 bits per heavy atom. The molecule has 3 N–H and O–H groups in total. The highest BCUT2D eigenvalue weighted by molar-refractivity contribution is 6.13. The van der Waals surface area contributed by atoms with Crippen LogP contribution in [-0.2, 0) is 0 Å². The van der Waals surface area contributed by atoms with Gasteiger partial charge in [-0.1, -0.05) is 36.4 Å². The molecule has 0 saturated heterocycles. The summed E-state index contributed by atoms with van der Waals surface area (Å²) in [5, 5.41) is 14.0. The van der Waals surface area contributed by atoms with E-state index in [1.54, 1.807) is 25.2 Å². The van der Waals surface area contributed by atoms with Crippen LogP contribution < -0.4 is 10.2 Å². The zero-order valence-electron chi connectivity index (χ0n) is 22.6. The van der Waals surface area contributed by atoms with Gasteiger partial charge in [-0.2, -0.15) is 0 Å². The normalized spacial score (nSPS) is 11.2. The third-order valence-corrected chi connectivity index (χ3v) is 7.23. The van der Waals surface area contributed by atoms with E-state index in [4.69, 9.17) is 4.42 Å².